The quantitative estimate of drug-likeness (QED) is 0.219. The fraction of sp³-hybridized carbons (Fsp3) is 0.290. The number of aromatic nitrogens is 2. The van der Waals surface area contributed by atoms with Crippen LogP contribution < -0.4 is 16.2 Å². The maximum Gasteiger partial charge on any atom is 0.262 e. The highest BCUT2D eigenvalue weighted by molar-refractivity contribution is 7.99. The fourth-order valence-electron chi connectivity index (χ4n) is 4.95. The standard InChI is InChI=1S/C31H32N4O3S/c1-2-22-9-3-7-13-26(22)33-28(36)20-39-31-34-27-14-8-6-12-25(27)30(38)35(31)19-21-15-17-23(18-16-21)29(37)32-24-10-4-5-11-24/h3,6-9,12-18,24H,2,4-5,10-11,19-20H2,1H3,(H,32,37)(H,33,36). The first-order valence-corrected chi connectivity index (χ1v) is 14.4. The number of nitrogens with one attached hydrogen (secondary N) is 2. The summed E-state index contributed by atoms with van der Waals surface area (Å²) in [5, 5.41) is 7.09. The number of benzene rings is 3. The first kappa shape index (κ1) is 26.7. The topological polar surface area (TPSA) is 93.1 Å². The molecule has 2 N–H and O–H groups in total. The first-order valence-electron chi connectivity index (χ1n) is 13.4. The predicted molar refractivity (Wildman–Crippen MR) is 156 cm³/mol. The molecule has 39 heavy (non-hydrogen) atoms. The van der Waals surface area contributed by atoms with E-state index >= 15 is 0 Å². The first-order chi connectivity index (χ1) is 19.0. The Morgan fingerprint density at radius 1 is 0.974 bits per heavy atom. The van der Waals surface area contributed by atoms with E-state index in [1.54, 1.807) is 28.8 Å². The van der Waals surface area contributed by atoms with Gasteiger partial charge in [0.05, 0.1) is 23.2 Å². The van der Waals surface area contributed by atoms with Gasteiger partial charge in [-0.05, 0) is 60.7 Å². The number of hydrogen-bond donors (Lipinski definition) is 2. The van der Waals surface area contributed by atoms with Crippen molar-refractivity contribution in [3.05, 3.63) is 99.8 Å². The van der Waals surface area contributed by atoms with Crippen molar-refractivity contribution < 1.29 is 9.59 Å². The highest BCUT2D eigenvalue weighted by atomic mass is 32.2. The average Bonchev–Trinajstić information content (AvgIpc) is 3.47. The van der Waals surface area contributed by atoms with Crippen molar-refractivity contribution in [2.24, 2.45) is 0 Å². The highest BCUT2D eigenvalue weighted by Gasteiger charge is 2.18. The average molecular weight is 541 g/mol. The lowest BCUT2D eigenvalue weighted by atomic mass is 10.1. The van der Waals surface area contributed by atoms with Crippen molar-refractivity contribution in [2.75, 3.05) is 11.1 Å². The molecule has 0 unspecified atom stereocenters. The number of fused-ring (bicyclic) bond motifs is 1. The number of thioether (sulfide) groups is 1. The molecule has 1 saturated carbocycles. The van der Waals surface area contributed by atoms with Gasteiger partial charge >= 0.3 is 0 Å². The molecule has 0 spiro atoms. The molecular formula is C31H32N4O3S. The van der Waals surface area contributed by atoms with Crippen molar-refractivity contribution in [3.63, 3.8) is 0 Å². The third kappa shape index (κ3) is 6.40. The Morgan fingerprint density at radius 2 is 1.69 bits per heavy atom. The highest BCUT2D eigenvalue weighted by Crippen LogP contribution is 2.22. The minimum absolute atomic E-state index is 0.0649. The van der Waals surface area contributed by atoms with E-state index in [9.17, 15) is 14.4 Å². The van der Waals surface area contributed by atoms with Crippen molar-refractivity contribution >= 4 is 40.2 Å². The van der Waals surface area contributed by atoms with E-state index in [4.69, 9.17) is 4.98 Å². The summed E-state index contributed by atoms with van der Waals surface area (Å²) >= 11 is 1.24. The van der Waals surface area contributed by atoms with Crippen molar-refractivity contribution in [1.82, 2.24) is 14.9 Å². The summed E-state index contributed by atoms with van der Waals surface area (Å²) in [7, 11) is 0. The second kappa shape index (κ2) is 12.3. The molecule has 1 aliphatic carbocycles. The van der Waals surface area contributed by atoms with Gasteiger partial charge in [0.2, 0.25) is 5.91 Å². The predicted octanol–water partition coefficient (Wildman–Crippen LogP) is 5.41. The van der Waals surface area contributed by atoms with E-state index in [-0.39, 0.29) is 35.7 Å². The molecule has 200 valence electrons. The minimum Gasteiger partial charge on any atom is -0.349 e. The fourth-order valence-corrected chi connectivity index (χ4v) is 5.75. The Labute approximate surface area is 232 Å². The molecule has 1 heterocycles. The molecule has 1 fully saturated rings. The summed E-state index contributed by atoms with van der Waals surface area (Å²) in [5.41, 5.74) is 3.77. The normalized spacial score (nSPS) is 13.5. The van der Waals surface area contributed by atoms with E-state index in [0.717, 1.165) is 48.9 Å². The van der Waals surface area contributed by atoms with E-state index in [0.29, 0.717) is 21.6 Å². The van der Waals surface area contributed by atoms with Crippen molar-refractivity contribution in [1.29, 1.82) is 0 Å². The number of aryl methyl sites for hydroxylation is 1. The van der Waals surface area contributed by atoms with Crippen LogP contribution in [0.15, 0.2) is 82.7 Å². The molecule has 3 aromatic carbocycles. The van der Waals surface area contributed by atoms with Gasteiger partial charge in [-0.1, -0.05) is 74.0 Å². The number of carbonyl (C=O) groups is 2. The van der Waals surface area contributed by atoms with Gasteiger partial charge in [-0.25, -0.2) is 4.98 Å². The van der Waals surface area contributed by atoms with Crippen LogP contribution in [0.1, 0.15) is 54.1 Å². The molecule has 1 aliphatic rings. The zero-order chi connectivity index (χ0) is 27.2. The lowest BCUT2D eigenvalue weighted by Gasteiger charge is -2.15. The van der Waals surface area contributed by atoms with Crippen LogP contribution >= 0.6 is 11.8 Å². The third-order valence-electron chi connectivity index (χ3n) is 7.08. The second-order valence-electron chi connectivity index (χ2n) is 9.80. The number of anilines is 1. The molecule has 2 amide bonds. The van der Waals surface area contributed by atoms with E-state index in [2.05, 4.69) is 10.6 Å². The number of para-hydroxylation sites is 2. The molecular weight excluding hydrogens is 508 g/mol. The summed E-state index contributed by atoms with van der Waals surface area (Å²) in [4.78, 5) is 43.7. The van der Waals surface area contributed by atoms with E-state index < -0.39 is 0 Å². The lowest BCUT2D eigenvalue weighted by molar-refractivity contribution is -0.113. The number of rotatable bonds is 9. The van der Waals surface area contributed by atoms with Crippen LogP contribution in [0.3, 0.4) is 0 Å². The lowest BCUT2D eigenvalue weighted by Crippen LogP contribution is -2.32. The Kier molecular flexibility index (Phi) is 8.42. The van der Waals surface area contributed by atoms with Gasteiger partial charge in [0.25, 0.3) is 11.5 Å². The van der Waals surface area contributed by atoms with E-state index in [1.165, 1.54) is 11.8 Å². The van der Waals surface area contributed by atoms with Crippen LogP contribution in [-0.4, -0.2) is 33.2 Å². The smallest absolute Gasteiger partial charge is 0.262 e. The third-order valence-corrected chi connectivity index (χ3v) is 8.05. The minimum atomic E-state index is -0.164. The molecule has 1 aromatic heterocycles. The van der Waals surface area contributed by atoms with Crippen LogP contribution in [-0.2, 0) is 17.8 Å². The summed E-state index contributed by atoms with van der Waals surface area (Å²) in [6, 6.07) is 22.6. The molecule has 8 heteroatoms. The summed E-state index contributed by atoms with van der Waals surface area (Å²) < 4.78 is 1.61. The summed E-state index contributed by atoms with van der Waals surface area (Å²) in [6.07, 6.45) is 5.20. The van der Waals surface area contributed by atoms with Crippen LogP contribution in [0.5, 0.6) is 0 Å². The van der Waals surface area contributed by atoms with Gasteiger partial charge in [0, 0.05) is 17.3 Å². The summed E-state index contributed by atoms with van der Waals surface area (Å²) in [6.45, 7) is 2.33. The second-order valence-corrected chi connectivity index (χ2v) is 10.7. The number of amides is 2. The van der Waals surface area contributed by atoms with Crippen molar-refractivity contribution in [3.8, 4) is 0 Å². The van der Waals surface area contributed by atoms with Gasteiger partial charge in [-0.15, -0.1) is 0 Å². The Bertz CT molecular complexity index is 1540. The van der Waals surface area contributed by atoms with E-state index in [1.807, 2.05) is 55.5 Å². The zero-order valence-corrected chi connectivity index (χ0v) is 22.8. The number of hydrogen-bond acceptors (Lipinski definition) is 5. The van der Waals surface area contributed by atoms with Crippen LogP contribution in [0.2, 0.25) is 0 Å². The van der Waals surface area contributed by atoms with Gasteiger partial charge < -0.3 is 10.6 Å². The maximum absolute atomic E-state index is 13.5. The van der Waals surface area contributed by atoms with Crippen LogP contribution in [0, 0.1) is 0 Å². The SMILES string of the molecule is CCc1ccccc1NC(=O)CSc1nc2ccccc2c(=O)n1Cc1ccc(C(=O)NC2CCCC2)cc1. The molecule has 4 aromatic rings. The number of carbonyl (C=O) groups excluding carboxylic acids is 2. The maximum atomic E-state index is 13.5. The van der Waals surface area contributed by atoms with Crippen molar-refractivity contribution in [2.45, 2.75) is 56.8 Å². The molecule has 0 saturated heterocycles. The molecule has 5 rings (SSSR count). The largest absolute Gasteiger partial charge is 0.349 e. The van der Waals surface area contributed by atoms with Gasteiger partial charge in [0.1, 0.15) is 0 Å². The van der Waals surface area contributed by atoms with Gasteiger partial charge in [0.15, 0.2) is 5.16 Å². The monoisotopic (exact) mass is 540 g/mol. The van der Waals surface area contributed by atoms with Crippen LogP contribution in [0.4, 0.5) is 5.69 Å². The molecule has 0 radical (unpaired) electrons. The Morgan fingerprint density at radius 3 is 2.46 bits per heavy atom. The Balaban J connectivity index is 1.34. The molecule has 7 nitrogen and oxygen atoms in total. The van der Waals surface area contributed by atoms with Crippen LogP contribution in [0.25, 0.3) is 10.9 Å². The molecule has 0 bridgehead atoms. The Hall–Kier alpha value is -3.91. The number of nitrogens with zero attached hydrogens (tertiary/aromatic N) is 2. The zero-order valence-electron chi connectivity index (χ0n) is 22.0. The molecule has 0 atom stereocenters. The van der Waals surface area contributed by atoms with Gasteiger partial charge in [-0.3, -0.25) is 19.0 Å². The van der Waals surface area contributed by atoms with Gasteiger partial charge in [-0.2, -0.15) is 0 Å². The molecule has 0 aliphatic heterocycles. The summed E-state index contributed by atoms with van der Waals surface area (Å²) in [5.74, 6) is -0.110.